The van der Waals surface area contributed by atoms with Gasteiger partial charge in [0.1, 0.15) is 0 Å². The Morgan fingerprint density at radius 3 is 1.33 bits per heavy atom. The summed E-state index contributed by atoms with van der Waals surface area (Å²) in [6.45, 7) is 3.73. The molecular formula is C16H28N4O2S2. The van der Waals surface area contributed by atoms with E-state index in [1.807, 2.05) is 33.5 Å². The van der Waals surface area contributed by atoms with Gasteiger partial charge in [-0.1, -0.05) is 0 Å². The van der Waals surface area contributed by atoms with Crippen molar-refractivity contribution in [3.8, 4) is 0 Å². The predicted molar refractivity (Wildman–Crippen MR) is 99.5 cm³/mol. The van der Waals surface area contributed by atoms with Crippen LogP contribution < -0.4 is 10.9 Å². The molecule has 8 heteroatoms. The largest absolute Gasteiger partial charge is 0.289 e. The number of rotatable bonds is 4. The Bertz CT molecular complexity index is 392. The first kappa shape index (κ1) is 18.4. The van der Waals surface area contributed by atoms with Crippen LogP contribution in [-0.2, 0) is 9.59 Å². The number of hydrogen-bond acceptors (Lipinski definition) is 6. The van der Waals surface area contributed by atoms with E-state index in [4.69, 9.17) is 0 Å². The van der Waals surface area contributed by atoms with Crippen LogP contribution in [0.15, 0.2) is 0 Å². The van der Waals surface area contributed by atoms with Gasteiger partial charge in [0.15, 0.2) is 0 Å². The van der Waals surface area contributed by atoms with E-state index in [1.54, 1.807) is 0 Å². The van der Waals surface area contributed by atoms with E-state index in [0.717, 1.165) is 74.9 Å². The number of hydrazine groups is 2. The van der Waals surface area contributed by atoms with Crippen molar-refractivity contribution in [3.63, 3.8) is 0 Å². The van der Waals surface area contributed by atoms with E-state index in [9.17, 15) is 9.59 Å². The maximum Gasteiger partial charge on any atom is 0.237 e. The van der Waals surface area contributed by atoms with Crippen LogP contribution in [0.1, 0.15) is 25.7 Å². The fourth-order valence-electron chi connectivity index (χ4n) is 3.46. The average Bonchev–Trinajstić information content (AvgIpc) is 2.63. The van der Waals surface area contributed by atoms with E-state index in [1.165, 1.54) is 0 Å². The summed E-state index contributed by atoms with van der Waals surface area (Å²) in [7, 11) is 0. The van der Waals surface area contributed by atoms with Crippen LogP contribution in [0.3, 0.4) is 0 Å². The lowest BCUT2D eigenvalue weighted by molar-refractivity contribution is -0.135. The topological polar surface area (TPSA) is 64.7 Å². The van der Waals surface area contributed by atoms with Gasteiger partial charge in [-0.25, -0.2) is 10.0 Å². The van der Waals surface area contributed by atoms with Crippen LogP contribution in [0, 0.1) is 11.8 Å². The van der Waals surface area contributed by atoms with Gasteiger partial charge in [0, 0.05) is 61.0 Å². The van der Waals surface area contributed by atoms with E-state index in [2.05, 4.69) is 10.9 Å². The van der Waals surface area contributed by atoms with Gasteiger partial charge < -0.3 is 0 Å². The number of hydrogen-bond donors (Lipinski definition) is 2. The Morgan fingerprint density at radius 1 is 0.667 bits per heavy atom. The van der Waals surface area contributed by atoms with Crippen molar-refractivity contribution in [3.05, 3.63) is 0 Å². The molecule has 1 aliphatic carbocycles. The third kappa shape index (κ3) is 5.28. The van der Waals surface area contributed by atoms with Gasteiger partial charge >= 0.3 is 0 Å². The molecule has 2 amide bonds. The van der Waals surface area contributed by atoms with Gasteiger partial charge in [0.25, 0.3) is 0 Å². The number of nitrogens with zero attached hydrogens (tertiary/aromatic N) is 2. The fraction of sp³-hybridized carbons (Fsp3) is 0.875. The zero-order valence-corrected chi connectivity index (χ0v) is 15.8. The van der Waals surface area contributed by atoms with Gasteiger partial charge in [-0.2, -0.15) is 23.5 Å². The standard InChI is InChI=1S/C16H28N4O2S2/c21-15(17-19-5-9-23-10-6-19)13-1-2-14(4-3-13)16(22)18-20-7-11-24-12-8-20/h13-14H,1-12H2,(H,17,21)(H,18,22). The minimum atomic E-state index is 0.0648. The second-order valence-electron chi connectivity index (χ2n) is 6.70. The first-order valence-electron chi connectivity index (χ1n) is 8.99. The molecule has 6 nitrogen and oxygen atoms in total. The third-order valence-electron chi connectivity index (χ3n) is 5.03. The Kier molecular flexibility index (Phi) is 7.12. The van der Waals surface area contributed by atoms with Crippen molar-refractivity contribution in [2.45, 2.75) is 25.7 Å². The van der Waals surface area contributed by atoms with Crippen molar-refractivity contribution in [2.75, 3.05) is 49.2 Å². The maximum absolute atomic E-state index is 12.4. The van der Waals surface area contributed by atoms with Crippen LogP contribution in [0.5, 0.6) is 0 Å². The maximum atomic E-state index is 12.4. The van der Waals surface area contributed by atoms with Gasteiger partial charge in [-0.3, -0.25) is 20.4 Å². The number of thioether (sulfide) groups is 2. The lowest BCUT2D eigenvalue weighted by Crippen LogP contribution is -2.50. The van der Waals surface area contributed by atoms with E-state index in [0.29, 0.717) is 0 Å². The summed E-state index contributed by atoms with van der Waals surface area (Å²) in [4.78, 5) is 24.8. The van der Waals surface area contributed by atoms with Crippen LogP contribution in [-0.4, -0.2) is 71.0 Å². The molecule has 0 aromatic heterocycles. The molecule has 0 aromatic rings. The summed E-state index contributed by atoms with van der Waals surface area (Å²) >= 11 is 3.87. The van der Waals surface area contributed by atoms with Crippen LogP contribution in [0.4, 0.5) is 0 Å². The van der Waals surface area contributed by atoms with Gasteiger partial charge in [0.2, 0.25) is 11.8 Å². The molecule has 2 saturated heterocycles. The second kappa shape index (κ2) is 9.31. The molecule has 1 saturated carbocycles. The zero-order chi connectivity index (χ0) is 16.8. The molecule has 24 heavy (non-hydrogen) atoms. The minimum Gasteiger partial charge on any atom is -0.289 e. The lowest BCUT2D eigenvalue weighted by Gasteiger charge is -2.33. The second-order valence-corrected chi connectivity index (χ2v) is 9.15. The average molecular weight is 373 g/mol. The molecule has 3 fully saturated rings. The quantitative estimate of drug-likeness (QED) is 0.766. The summed E-state index contributed by atoms with van der Waals surface area (Å²) in [5.74, 6) is 4.77. The van der Waals surface area contributed by atoms with Crippen LogP contribution in [0.25, 0.3) is 0 Å². The number of amides is 2. The Morgan fingerprint density at radius 2 is 1.00 bits per heavy atom. The minimum absolute atomic E-state index is 0.0648. The predicted octanol–water partition coefficient (Wildman–Crippen LogP) is 0.953. The molecule has 0 bridgehead atoms. The SMILES string of the molecule is O=C(NN1CCSCC1)C1CCC(C(=O)NN2CCSCC2)CC1. The van der Waals surface area contributed by atoms with Gasteiger partial charge in [0.05, 0.1) is 0 Å². The molecule has 2 heterocycles. The van der Waals surface area contributed by atoms with Crippen molar-refractivity contribution < 1.29 is 9.59 Å². The number of carbonyl (C=O) groups is 2. The molecule has 0 spiro atoms. The lowest BCUT2D eigenvalue weighted by atomic mass is 9.81. The van der Waals surface area contributed by atoms with Crippen molar-refractivity contribution >= 4 is 35.3 Å². The molecule has 136 valence electrons. The van der Waals surface area contributed by atoms with Crippen molar-refractivity contribution in [2.24, 2.45) is 11.8 Å². The van der Waals surface area contributed by atoms with Gasteiger partial charge in [-0.15, -0.1) is 0 Å². The number of carbonyl (C=O) groups excluding carboxylic acids is 2. The molecule has 2 aliphatic heterocycles. The smallest absolute Gasteiger partial charge is 0.237 e. The zero-order valence-electron chi connectivity index (χ0n) is 14.2. The highest BCUT2D eigenvalue weighted by molar-refractivity contribution is 7.99. The summed E-state index contributed by atoms with van der Waals surface area (Å²) in [6.07, 6.45) is 3.29. The van der Waals surface area contributed by atoms with E-state index in [-0.39, 0.29) is 23.7 Å². The molecule has 0 aromatic carbocycles. The number of nitrogens with one attached hydrogen (secondary N) is 2. The summed E-state index contributed by atoms with van der Waals surface area (Å²) in [6, 6.07) is 0. The highest BCUT2D eigenvalue weighted by atomic mass is 32.2. The molecule has 2 N–H and O–H groups in total. The molecule has 3 rings (SSSR count). The third-order valence-corrected chi connectivity index (χ3v) is 6.91. The van der Waals surface area contributed by atoms with Crippen LogP contribution in [0.2, 0.25) is 0 Å². The Hall–Kier alpha value is -0.440. The summed E-state index contributed by atoms with van der Waals surface area (Å²) in [5, 5.41) is 4.10. The normalized spacial score (nSPS) is 29.8. The van der Waals surface area contributed by atoms with Crippen LogP contribution >= 0.6 is 23.5 Å². The summed E-state index contributed by atoms with van der Waals surface area (Å²) < 4.78 is 0. The van der Waals surface area contributed by atoms with Crippen molar-refractivity contribution in [1.82, 2.24) is 20.9 Å². The first-order chi connectivity index (χ1) is 11.7. The van der Waals surface area contributed by atoms with E-state index < -0.39 is 0 Å². The summed E-state index contributed by atoms with van der Waals surface area (Å²) in [5.41, 5.74) is 6.14. The monoisotopic (exact) mass is 372 g/mol. The van der Waals surface area contributed by atoms with E-state index >= 15 is 0 Å². The first-order valence-corrected chi connectivity index (χ1v) is 11.3. The van der Waals surface area contributed by atoms with Gasteiger partial charge in [-0.05, 0) is 25.7 Å². The molecule has 0 atom stereocenters. The molecule has 0 radical (unpaired) electrons. The molecule has 0 unspecified atom stereocenters. The fourth-order valence-corrected chi connectivity index (χ4v) is 5.27. The Balaban J connectivity index is 1.38. The van der Waals surface area contributed by atoms with Crippen molar-refractivity contribution in [1.29, 1.82) is 0 Å². The Labute approximate surface area is 152 Å². The molecular weight excluding hydrogens is 344 g/mol. The highest BCUT2D eigenvalue weighted by Gasteiger charge is 2.31. The molecule has 3 aliphatic rings. The highest BCUT2D eigenvalue weighted by Crippen LogP contribution is 2.29.